The number of allylic oxidation sites excluding steroid dienone is 1. The molecule has 0 rings (SSSR count). The van der Waals surface area contributed by atoms with E-state index >= 15 is 0 Å². The second-order valence-corrected chi connectivity index (χ2v) is 6.02. The molecule has 0 aromatic carbocycles. The van der Waals surface area contributed by atoms with Crippen LogP contribution in [0.25, 0.3) is 0 Å². The first kappa shape index (κ1) is 23.8. The summed E-state index contributed by atoms with van der Waals surface area (Å²) in [5.74, 6) is 0. The van der Waals surface area contributed by atoms with Gasteiger partial charge in [-0.1, -0.05) is 57.6 Å². The molecule has 0 radical (unpaired) electrons. The van der Waals surface area contributed by atoms with Crippen LogP contribution >= 0.6 is 0 Å². The summed E-state index contributed by atoms with van der Waals surface area (Å²) in [6.07, 6.45) is 13.0. The molecule has 7 nitrogen and oxygen atoms in total. The molecule has 8 heteroatoms. The second kappa shape index (κ2) is 15.4. The molecule has 2 atom stereocenters. The molecular weight excluding hydrogens is 310 g/mol. The lowest BCUT2D eigenvalue weighted by Crippen LogP contribution is -2.36. The van der Waals surface area contributed by atoms with Gasteiger partial charge in [0.2, 0.25) is 0 Å². The van der Waals surface area contributed by atoms with Gasteiger partial charge in [-0.3, -0.25) is 9.11 Å². The van der Waals surface area contributed by atoms with E-state index in [0.717, 1.165) is 6.42 Å². The largest absolute Gasteiger partial charge is 0.395 e. The lowest BCUT2D eigenvalue weighted by Gasteiger charge is -2.11. The van der Waals surface area contributed by atoms with Gasteiger partial charge in [0.05, 0.1) is 18.8 Å². The molecule has 0 saturated carbocycles. The van der Waals surface area contributed by atoms with Crippen LogP contribution < -0.4 is 5.73 Å². The topological polar surface area (TPSA) is 141 Å². The zero-order valence-electron chi connectivity index (χ0n) is 13.3. The summed E-state index contributed by atoms with van der Waals surface area (Å²) in [5, 5.41) is 18.2. The van der Waals surface area contributed by atoms with Crippen molar-refractivity contribution in [2.75, 3.05) is 6.61 Å². The molecule has 0 aliphatic rings. The van der Waals surface area contributed by atoms with E-state index in [9.17, 15) is 5.11 Å². The molecule has 0 amide bonds. The van der Waals surface area contributed by atoms with Gasteiger partial charge in [0.1, 0.15) is 0 Å². The van der Waals surface area contributed by atoms with E-state index < -0.39 is 22.5 Å². The van der Waals surface area contributed by atoms with Crippen molar-refractivity contribution < 1.29 is 27.7 Å². The van der Waals surface area contributed by atoms with Crippen molar-refractivity contribution in [3.63, 3.8) is 0 Å². The minimum absolute atomic E-state index is 0.178. The van der Waals surface area contributed by atoms with Crippen LogP contribution in [-0.4, -0.2) is 46.5 Å². The number of nitrogens with two attached hydrogens (primary N) is 1. The van der Waals surface area contributed by atoms with E-state index in [2.05, 4.69) is 6.92 Å². The average Bonchev–Trinajstić information content (AvgIpc) is 2.42. The summed E-state index contributed by atoms with van der Waals surface area (Å²) in [7, 11) is -4.67. The molecule has 0 aromatic heterocycles. The van der Waals surface area contributed by atoms with Crippen molar-refractivity contribution in [1.29, 1.82) is 0 Å². The predicted molar refractivity (Wildman–Crippen MR) is 87.0 cm³/mol. The number of aliphatic hydroxyl groups excluding tert-OH is 2. The van der Waals surface area contributed by atoms with E-state index in [4.69, 9.17) is 28.4 Å². The number of aliphatic hydroxyl groups is 2. The molecule has 0 fully saturated rings. The van der Waals surface area contributed by atoms with Crippen LogP contribution in [0.4, 0.5) is 0 Å². The third-order valence-electron chi connectivity index (χ3n) is 2.96. The number of hydrogen-bond donors (Lipinski definition) is 5. The molecule has 6 N–H and O–H groups in total. The molecular formula is C14H31NO6S. The standard InChI is InChI=1S/C14H29NO2.H2O4S/c1-2-3-4-5-6-7-8-9-10-11-14(17)13(15)12-16;1-5(2,3)4/h10-11,13-14,16-17H,2-9,12,15H2,1H3;(H2,1,2,3,4). The Morgan fingerprint density at radius 2 is 1.50 bits per heavy atom. The average molecular weight is 341 g/mol. The lowest BCUT2D eigenvalue weighted by molar-refractivity contribution is 0.144. The summed E-state index contributed by atoms with van der Waals surface area (Å²) in [5.41, 5.74) is 5.47. The fraction of sp³-hybridized carbons (Fsp3) is 0.857. The fourth-order valence-corrected chi connectivity index (χ4v) is 1.71. The molecule has 134 valence electrons. The maximum atomic E-state index is 9.45. The van der Waals surface area contributed by atoms with Crippen LogP contribution in [0.1, 0.15) is 58.3 Å². The molecule has 0 aliphatic heterocycles. The first-order valence-electron chi connectivity index (χ1n) is 7.63. The molecule has 0 bridgehead atoms. The quantitative estimate of drug-likeness (QED) is 0.219. The first-order valence-corrected chi connectivity index (χ1v) is 9.03. The Bertz CT molecular complexity index is 350. The van der Waals surface area contributed by atoms with E-state index in [-0.39, 0.29) is 6.61 Å². The van der Waals surface area contributed by atoms with Crippen LogP contribution in [0.3, 0.4) is 0 Å². The maximum Gasteiger partial charge on any atom is 0.394 e. The summed E-state index contributed by atoms with van der Waals surface area (Å²) in [6, 6.07) is -0.555. The Kier molecular flexibility index (Phi) is 16.6. The van der Waals surface area contributed by atoms with Crippen LogP contribution in [0, 0.1) is 0 Å². The first-order chi connectivity index (χ1) is 10.2. The molecule has 2 unspecified atom stereocenters. The Morgan fingerprint density at radius 1 is 1.05 bits per heavy atom. The van der Waals surface area contributed by atoms with Crippen molar-refractivity contribution in [2.24, 2.45) is 5.73 Å². The summed E-state index contributed by atoms with van der Waals surface area (Å²) in [4.78, 5) is 0. The van der Waals surface area contributed by atoms with Gasteiger partial charge in [-0.25, -0.2) is 0 Å². The highest BCUT2D eigenvalue weighted by atomic mass is 32.3. The zero-order chi connectivity index (χ0) is 17.4. The van der Waals surface area contributed by atoms with Gasteiger partial charge in [-0.05, 0) is 12.8 Å². The highest BCUT2D eigenvalue weighted by molar-refractivity contribution is 7.79. The van der Waals surface area contributed by atoms with Gasteiger partial charge in [0.25, 0.3) is 0 Å². The van der Waals surface area contributed by atoms with E-state index in [0.29, 0.717) is 0 Å². The predicted octanol–water partition coefficient (Wildman–Crippen LogP) is 1.71. The number of hydrogen-bond acceptors (Lipinski definition) is 5. The van der Waals surface area contributed by atoms with Crippen molar-refractivity contribution in [3.05, 3.63) is 12.2 Å². The summed E-state index contributed by atoms with van der Waals surface area (Å²) < 4.78 is 31.6. The van der Waals surface area contributed by atoms with E-state index in [1.165, 1.54) is 44.9 Å². The third kappa shape index (κ3) is 24.5. The highest BCUT2D eigenvalue weighted by Crippen LogP contribution is 2.08. The molecule has 0 spiro atoms. The Labute approximate surface area is 133 Å². The van der Waals surface area contributed by atoms with Gasteiger partial charge in [-0.15, -0.1) is 0 Å². The third-order valence-corrected chi connectivity index (χ3v) is 2.96. The van der Waals surface area contributed by atoms with Gasteiger partial charge in [0.15, 0.2) is 0 Å². The number of unbranched alkanes of at least 4 members (excludes halogenated alkanes) is 7. The Hall–Kier alpha value is -0.510. The van der Waals surface area contributed by atoms with Gasteiger partial charge in [-0.2, -0.15) is 8.42 Å². The van der Waals surface area contributed by atoms with Crippen molar-refractivity contribution in [1.82, 2.24) is 0 Å². The van der Waals surface area contributed by atoms with E-state index in [1.54, 1.807) is 6.08 Å². The monoisotopic (exact) mass is 341 g/mol. The minimum Gasteiger partial charge on any atom is -0.395 e. The molecule has 0 saturated heterocycles. The normalized spacial score (nSPS) is 14.5. The number of rotatable bonds is 11. The van der Waals surface area contributed by atoms with E-state index in [1.807, 2.05) is 6.08 Å². The van der Waals surface area contributed by atoms with Crippen molar-refractivity contribution >= 4 is 10.4 Å². The fourth-order valence-electron chi connectivity index (χ4n) is 1.71. The maximum absolute atomic E-state index is 9.45. The highest BCUT2D eigenvalue weighted by Gasteiger charge is 2.08. The second-order valence-electron chi connectivity index (χ2n) is 5.12. The van der Waals surface area contributed by atoms with Gasteiger partial charge < -0.3 is 15.9 Å². The van der Waals surface area contributed by atoms with Crippen LogP contribution in [0.5, 0.6) is 0 Å². The van der Waals surface area contributed by atoms with Crippen molar-refractivity contribution in [2.45, 2.75) is 70.4 Å². The minimum atomic E-state index is -4.67. The zero-order valence-corrected chi connectivity index (χ0v) is 14.1. The van der Waals surface area contributed by atoms with Gasteiger partial charge >= 0.3 is 10.4 Å². The SMILES string of the molecule is CCCCCCCCCC=CC(O)C(N)CO.O=S(=O)(O)O. The van der Waals surface area contributed by atoms with Crippen molar-refractivity contribution in [3.8, 4) is 0 Å². The lowest BCUT2D eigenvalue weighted by atomic mass is 10.1. The molecule has 22 heavy (non-hydrogen) atoms. The summed E-state index contributed by atoms with van der Waals surface area (Å²) >= 11 is 0. The summed E-state index contributed by atoms with van der Waals surface area (Å²) in [6.45, 7) is 2.05. The van der Waals surface area contributed by atoms with Crippen LogP contribution in [0.2, 0.25) is 0 Å². The molecule has 0 heterocycles. The Morgan fingerprint density at radius 3 is 1.95 bits per heavy atom. The Balaban J connectivity index is 0. The van der Waals surface area contributed by atoms with Crippen LogP contribution in [0.15, 0.2) is 12.2 Å². The van der Waals surface area contributed by atoms with Crippen LogP contribution in [-0.2, 0) is 10.4 Å². The van der Waals surface area contributed by atoms with Gasteiger partial charge in [0, 0.05) is 0 Å². The molecule has 0 aliphatic carbocycles. The molecule has 0 aromatic rings. The smallest absolute Gasteiger partial charge is 0.394 e.